The van der Waals surface area contributed by atoms with Crippen LogP contribution in [0.2, 0.25) is 0 Å². The van der Waals surface area contributed by atoms with E-state index in [9.17, 15) is 5.11 Å². The van der Waals surface area contributed by atoms with Crippen molar-refractivity contribution < 1.29 is 5.11 Å². The molecule has 5 unspecified atom stereocenters. The van der Waals surface area contributed by atoms with E-state index >= 15 is 0 Å². The molecule has 1 nitrogen and oxygen atoms in total. The highest BCUT2D eigenvalue weighted by Crippen LogP contribution is 2.62. The molecular weight excluding hydrogens is 244 g/mol. The highest BCUT2D eigenvalue weighted by Gasteiger charge is 2.55. The first kappa shape index (κ1) is 14.6. The zero-order valence-corrected chi connectivity index (χ0v) is 13.8. The predicted octanol–water partition coefficient (Wildman–Crippen LogP) is 4.95. The Hall–Kier alpha value is -0.300. The molecule has 0 amide bonds. The van der Waals surface area contributed by atoms with Crippen molar-refractivity contribution in [3.63, 3.8) is 0 Å². The molecular formula is C19H32O. The number of aliphatic hydroxyl groups excluding tert-OH is 1. The Labute approximate surface area is 124 Å². The van der Waals surface area contributed by atoms with Gasteiger partial charge in [-0.25, -0.2) is 0 Å². The number of fused-ring (bicyclic) bond motifs is 3. The number of rotatable bonds is 0. The smallest absolute Gasteiger partial charge is 0.0608 e. The lowest BCUT2D eigenvalue weighted by Gasteiger charge is -2.59. The summed E-state index contributed by atoms with van der Waals surface area (Å²) in [5.74, 6) is 2.09. The Morgan fingerprint density at radius 2 is 1.90 bits per heavy atom. The molecule has 3 rings (SSSR count). The van der Waals surface area contributed by atoms with Crippen LogP contribution in [0.4, 0.5) is 0 Å². The summed E-state index contributed by atoms with van der Waals surface area (Å²) in [6.45, 7) is 9.73. The minimum Gasteiger partial charge on any atom is -0.392 e. The van der Waals surface area contributed by atoms with Gasteiger partial charge in [0.2, 0.25) is 0 Å². The first-order valence-electron chi connectivity index (χ1n) is 8.68. The second-order valence-electron chi connectivity index (χ2n) is 8.81. The lowest BCUT2D eigenvalue weighted by Crippen LogP contribution is -2.53. The van der Waals surface area contributed by atoms with Crippen LogP contribution in [-0.2, 0) is 0 Å². The normalized spacial score (nSPS) is 47.8. The van der Waals surface area contributed by atoms with Crippen LogP contribution in [0.5, 0.6) is 0 Å². The summed E-state index contributed by atoms with van der Waals surface area (Å²) in [4.78, 5) is 0. The van der Waals surface area contributed by atoms with Gasteiger partial charge in [-0.3, -0.25) is 0 Å². The number of hydrogen-bond acceptors (Lipinski definition) is 1. The van der Waals surface area contributed by atoms with Gasteiger partial charge in [-0.1, -0.05) is 38.8 Å². The topological polar surface area (TPSA) is 20.2 Å². The molecule has 0 aromatic rings. The fourth-order valence-corrected chi connectivity index (χ4v) is 6.18. The molecule has 0 aliphatic heterocycles. The van der Waals surface area contributed by atoms with Crippen molar-refractivity contribution in [2.24, 2.45) is 28.6 Å². The quantitative estimate of drug-likeness (QED) is 0.621. The summed E-state index contributed by atoms with van der Waals surface area (Å²) in [5, 5.41) is 10.6. The molecule has 3 aliphatic rings. The minimum absolute atomic E-state index is 0.0958. The zero-order chi connectivity index (χ0) is 14.5. The van der Waals surface area contributed by atoms with Crippen molar-refractivity contribution in [3.05, 3.63) is 11.6 Å². The van der Waals surface area contributed by atoms with E-state index in [1.165, 1.54) is 44.1 Å². The van der Waals surface area contributed by atoms with Crippen LogP contribution in [0.3, 0.4) is 0 Å². The van der Waals surface area contributed by atoms with Crippen LogP contribution in [0.15, 0.2) is 11.6 Å². The van der Waals surface area contributed by atoms with Crippen LogP contribution in [-0.4, -0.2) is 11.2 Å². The second-order valence-corrected chi connectivity index (χ2v) is 8.81. The molecule has 0 aromatic carbocycles. The molecule has 0 bridgehead atoms. The summed E-state index contributed by atoms with van der Waals surface area (Å²) in [6, 6.07) is 0. The molecule has 114 valence electrons. The van der Waals surface area contributed by atoms with Gasteiger partial charge in [-0.2, -0.15) is 0 Å². The van der Waals surface area contributed by atoms with Crippen molar-refractivity contribution >= 4 is 0 Å². The largest absolute Gasteiger partial charge is 0.392 e. The fourth-order valence-electron chi connectivity index (χ4n) is 6.18. The summed E-state index contributed by atoms with van der Waals surface area (Å²) >= 11 is 0. The van der Waals surface area contributed by atoms with Gasteiger partial charge in [0.25, 0.3) is 0 Å². The SMILES string of the molecule is CC1=CCC2C(CCC3C(C)(C)CCCC23C)C(O)C1. The molecule has 20 heavy (non-hydrogen) atoms. The van der Waals surface area contributed by atoms with Gasteiger partial charge in [0.15, 0.2) is 0 Å². The van der Waals surface area contributed by atoms with E-state index in [0.29, 0.717) is 22.7 Å². The van der Waals surface area contributed by atoms with E-state index in [1.54, 1.807) is 0 Å². The van der Waals surface area contributed by atoms with Crippen LogP contribution in [0.25, 0.3) is 0 Å². The molecule has 0 aromatic heterocycles. The zero-order valence-electron chi connectivity index (χ0n) is 13.8. The molecule has 0 radical (unpaired) electrons. The van der Waals surface area contributed by atoms with Gasteiger partial charge in [0.1, 0.15) is 0 Å². The van der Waals surface area contributed by atoms with Crippen LogP contribution in [0.1, 0.15) is 72.6 Å². The van der Waals surface area contributed by atoms with Gasteiger partial charge in [-0.15, -0.1) is 0 Å². The van der Waals surface area contributed by atoms with Gasteiger partial charge in [0, 0.05) is 0 Å². The van der Waals surface area contributed by atoms with Crippen LogP contribution in [0, 0.1) is 28.6 Å². The van der Waals surface area contributed by atoms with E-state index in [-0.39, 0.29) is 6.10 Å². The summed E-state index contributed by atoms with van der Waals surface area (Å²) in [6.07, 6.45) is 11.2. The minimum atomic E-state index is -0.0958. The maximum Gasteiger partial charge on any atom is 0.0608 e. The monoisotopic (exact) mass is 276 g/mol. The van der Waals surface area contributed by atoms with Crippen molar-refractivity contribution in [1.29, 1.82) is 0 Å². The van der Waals surface area contributed by atoms with E-state index < -0.39 is 0 Å². The van der Waals surface area contributed by atoms with E-state index in [4.69, 9.17) is 0 Å². The van der Waals surface area contributed by atoms with Crippen LogP contribution >= 0.6 is 0 Å². The molecule has 5 atom stereocenters. The standard InChI is InChI=1S/C19H32O/c1-13-6-8-15-14(16(20)12-13)7-9-17-18(2,3)10-5-11-19(15,17)4/h6,14-17,20H,5,7-12H2,1-4H3. The van der Waals surface area contributed by atoms with Crippen molar-refractivity contribution in [3.8, 4) is 0 Å². The van der Waals surface area contributed by atoms with E-state index in [2.05, 4.69) is 33.8 Å². The fraction of sp³-hybridized carbons (Fsp3) is 0.895. The Balaban J connectivity index is 1.95. The van der Waals surface area contributed by atoms with Crippen molar-refractivity contribution in [2.45, 2.75) is 78.7 Å². The number of hydrogen-bond donors (Lipinski definition) is 1. The lowest BCUT2D eigenvalue weighted by molar-refractivity contribution is -0.118. The molecule has 3 aliphatic carbocycles. The van der Waals surface area contributed by atoms with Crippen LogP contribution < -0.4 is 0 Å². The third kappa shape index (κ3) is 2.17. The van der Waals surface area contributed by atoms with Gasteiger partial charge in [-0.05, 0) is 74.0 Å². The van der Waals surface area contributed by atoms with E-state index in [1.807, 2.05) is 0 Å². The maximum atomic E-state index is 10.6. The van der Waals surface area contributed by atoms with Gasteiger partial charge < -0.3 is 5.11 Å². The summed E-state index contributed by atoms with van der Waals surface area (Å²) in [7, 11) is 0. The first-order valence-corrected chi connectivity index (χ1v) is 8.68. The third-order valence-corrected chi connectivity index (χ3v) is 7.17. The third-order valence-electron chi connectivity index (χ3n) is 7.17. The van der Waals surface area contributed by atoms with Crippen molar-refractivity contribution in [2.75, 3.05) is 0 Å². The van der Waals surface area contributed by atoms with Gasteiger partial charge in [0.05, 0.1) is 6.10 Å². The molecule has 1 N–H and O–H groups in total. The maximum absolute atomic E-state index is 10.6. The second kappa shape index (κ2) is 4.87. The molecule has 2 saturated carbocycles. The average molecular weight is 276 g/mol. The number of allylic oxidation sites excluding steroid dienone is 1. The Morgan fingerprint density at radius 3 is 2.65 bits per heavy atom. The lowest BCUT2D eigenvalue weighted by atomic mass is 9.45. The molecule has 0 heterocycles. The summed E-state index contributed by atoms with van der Waals surface area (Å²) in [5.41, 5.74) is 2.35. The highest BCUT2D eigenvalue weighted by atomic mass is 16.3. The Bertz CT molecular complexity index is 408. The summed E-state index contributed by atoms with van der Waals surface area (Å²) < 4.78 is 0. The molecule has 0 saturated heterocycles. The molecule has 2 fully saturated rings. The van der Waals surface area contributed by atoms with Crippen molar-refractivity contribution in [1.82, 2.24) is 0 Å². The number of aliphatic hydroxyl groups is 1. The Morgan fingerprint density at radius 1 is 1.15 bits per heavy atom. The highest BCUT2D eigenvalue weighted by molar-refractivity contribution is 5.12. The average Bonchev–Trinajstić information content (AvgIpc) is 2.48. The van der Waals surface area contributed by atoms with Gasteiger partial charge >= 0.3 is 0 Å². The Kier molecular flexibility index (Phi) is 3.56. The predicted molar refractivity (Wildman–Crippen MR) is 84.4 cm³/mol. The molecule has 1 heteroatoms. The first-order chi connectivity index (χ1) is 9.34. The molecule has 0 spiro atoms. The van der Waals surface area contributed by atoms with E-state index in [0.717, 1.165) is 12.3 Å².